The number of para-hydroxylation sites is 1. The Labute approximate surface area is 106 Å². The highest BCUT2D eigenvalue weighted by molar-refractivity contribution is 7.07. The molecular formula is C14H16O2S. The quantitative estimate of drug-likeness (QED) is 0.695. The van der Waals surface area contributed by atoms with E-state index in [9.17, 15) is 0 Å². The monoisotopic (exact) mass is 248 g/mol. The fourth-order valence-corrected chi connectivity index (χ4v) is 2.09. The predicted molar refractivity (Wildman–Crippen MR) is 70.5 cm³/mol. The Morgan fingerprint density at radius 3 is 2.65 bits per heavy atom. The van der Waals surface area contributed by atoms with Crippen molar-refractivity contribution in [1.29, 1.82) is 0 Å². The SMILES string of the molecule is c1ccc(OCCCOCc2ccsc2)cc1. The summed E-state index contributed by atoms with van der Waals surface area (Å²) in [5.41, 5.74) is 1.25. The fraction of sp³-hybridized carbons (Fsp3) is 0.286. The van der Waals surface area contributed by atoms with Gasteiger partial charge in [-0.3, -0.25) is 0 Å². The van der Waals surface area contributed by atoms with E-state index in [2.05, 4.69) is 16.8 Å². The molecule has 0 saturated carbocycles. The molecule has 0 saturated heterocycles. The molecule has 0 bridgehead atoms. The van der Waals surface area contributed by atoms with E-state index in [0.29, 0.717) is 13.2 Å². The lowest BCUT2D eigenvalue weighted by atomic mass is 10.3. The Hall–Kier alpha value is -1.32. The summed E-state index contributed by atoms with van der Waals surface area (Å²) in [4.78, 5) is 0. The van der Waals surface area contributed by atoms with E-state index in [0.717, 1.165) is 18.8 Å². The molecule has 17 heavy (non-hydrogen) atoms. The van der Waals surface area contributed by atoms with E-state index in [1.807, 2.05) is 30.3 Å². The number of thiophene rings is 1. The van der Waals surface area contributed by atoms with Gasteiger partial charge in [-0.05, 0) is 34.5 Å². The van der Waals surface area contributed by atoms with Crippen molar-refractivity contribution in [2.75, 3.05) is 13.2 Å². The molecule has 2 nitrogen and oxygen atoms in total. The summed E-state index contributed by atoms with van der Waals surface area (Å²) >= 11 is 1.70. The fourth-order valence-electron chi connectivity index (χ4n) is 1.43. The van der Waals surface area contributed by atoms with Gasteiger partial charge in [0.2, 0.25) is 0 Å². The predicted octanol–water partition coefficient (Wildman–Crippen LogP) is 3.73. The van der Waals surface area contributed by atoms with Gasteiger partial charge in [0.05, 0.1) is 19.8 Å². The zero-order valence-corrected chi connectivity index (χ0v) is 10.5. The number of hydrogen-bond donors (Lipinski definition) is 0. The summed E-state index contributed by atoms with van der Waals surface area (Å²) in [6.45, 7) is 2.14. The summed E-state index contributed by atoms with van der Waals surface area (Å²) < 4.78 is 11.1. The summed E-state index contributed by atoms with van der Waals surface area (Å²) in [6, 6.07) is 11.9. The zero-order valence-electron chi connectivity index (χ0n) is 9.67. The minimum atomic E-state index is 0.702. The van der Waals surface area contributed by atoms with Crippen LogP contribution < -0.4 is 4.74 Å². The first-order valence-corrected chi connectivity index (χ1v) is 6.66. The Kier molecular flexibility index (Phi) is 5.07. The van der Waals surface area contributed by atoms with Gasteiger partial charge in [-0.25, -0.2) is 0 Å². The Morgan fingerprint density at radius 2 is 1.88 bits per heavy atom. The minimum Gasteiger partial charge on any atom is -0.494 e. The highest BCUT2D eigenvalue weighted by Crippen LogP contribution is 2.09. The van der Waals surface area contributed by atoms with Crippen molar-refractivity contribution in [2.24, 2.45) is 0 Å². The Bertz CT molecular complexity index is 397. The maximum absolute atomic E-state index is 5.57. The van der Waals surface area contributed by atoms with E-state index in [4.69, 9.17) is 9.47 Å². The number of ether oxygens (including phenoxy) is 2. The van der Waals surface area contributed by atoms with Crippen LogP contribution in [0.5, 0.6) is 5.75 Å². The van der Waals surface area contributed by atoms with Crippen molar-refractivity contribution < 1.29 is 9.47 Å². The minimum absolute atomic E-state index is 0.702. The Balaban J connectivity index is 1.52. The molecule has 0 aliphatic heterocycles. The van der Waals surface area contributed by atoms with Gasteiger partial charge in [-0.1, -0.05) is 18.2 Å². The van der Waals surface area contributed by atoms with Crippen LogP contribution in [0.25, 0.3) is 0 Å². The molecule has 0 unspecified atom stereocenters. The van der Waals surface area contributed by atoms with E-state index in [1.54, 1.807) is 11.3 Å². The largest absolute Gasteiger partial charge is 0.494 e. The van der Waals surface area contributed by atoms with Crippen molar-refractivity contribution in [3.63, 3.8) is 0 Å². The summed E-state index contributed by atoms with van der Waals surface area (Å²) in [5.74, 6) is 0.922. The van der Waals surface area contributed by atoms with Crippen LogP contribution >= 0.6 is 11.3 Å². The average Bonchev–Trinajstić information content (AvgIpc) is 2.88. The van der Waals surface area contributed by atoms with Gasteiger partial charge in [0.25, 0.3) is 0 Å². The number of rotatable bonds is 7. The van der Waals surface area contributed by atoms with Crippen LogP contribution in [0, 0.1) is 0 Å². The lowest BCUT2D eigenvalue weighted by molar-refractivity contribution is 0.107. The van der Waals surface area contributed by atoms with Crippen LogP contribution in [0.3, 0.4) is 0 Å². The van der Waals surface area contributed by atoms with Gasteiger partial charge in [0.1, 0.15) is 5.75 Å². The highest BCUT2D eigenvalue weighted by atomic mass is 32.1. The highest BCUT2D eigenvalue weighted by Gasteiger charge is 1.94. The molecule has 0 amide bonds. The molecule has 0 radical (unpaired) electrons. The second-order valence-corrected chi connectivity index (χ2v) is 4.48. The van der Waals surface area contributed by atoms with Crippen LogP contribution in [-0.4, -0.2) is 13.2 Å². The average molecular weight is 248 g/mol. The molecule has 1 heterocycles. The van der Waals surface area contributed by atoms with Gasteiger partial charge in [-0.15, -0.1) is 0 Å². The molecule has 1 aromatic carbocycles. The molecule has 2 aromatic rings. The molecular weight excluding hydrogens is 232 g/mol. The van der Waals surface area contributed by atoms with Crippen molar-refractivity contribution in [2.45, 2.75) is 13.0 Å². The topological polar surface area (TPSA) is 18.5 Å². The smallest absolute Gasteiger partial charge is 0.119 e. The van der Waals surface area contributed by atoms with Crippen LogP contribution in [-0.2, 0) is 11.3 Å². The van der Waals surface area contributed by atoms with Crippen molar-refractivity contribution >= 4 is 11.3 Å². The van der Waals surface area contributed by atoms with Gasteiger partial charge in [-0.2, -0.15) is 11.3 Å². The standard InChI is InChI=1S/C14H16O2S/c1-2-5-14(6-3-1)16-9-4-8-15-11-13-7-10-17-12-13/h1-3,5-7,10,12H,4,8-9,11H2. The van der Waals surface area contributed by atoms with E-state index in [1.165, 1.54) is 5.56 Å². The summed E-state index contributed by atoms with van der Waals surface area (Å²) in [5, 5.41) is 4.18. The summed E-state index contributed by atoms with van der Waals surface area (Å²) in [7, 11) is 0. The third kappa shape index (κ3) is 4.59. The number of hydrogen-bond acceptors (Lipinski definition) is 3. The van der Waals surface area contributed by atoms with Gasteiger partial charge >= 0.3 is 0 Å². The molecule has 0 atom stereocenters. The first kappa shape index (κ1) is 12.1. The lowest BCUT2D eigenvalue weighted by Gasteiger charge is -2.06. The molecule has 90 valence electrons. The van der Waals surface area contributed by atoms with Gasteiger partial charge in [0.15, 0.2) is 0 Å². The molecule has 3 heteroatoms. The molecule has 0 spiro atoms. The third-order valence-corrected chi connectivity index (χ3v) is 3.03. The molecule has 1 aromatic heterocycles. The molecule has 0 fully saturated rings. The summed E-state index contributed by atoms with van der Waals surface area (Å²) in [6.07, 6.45) is 0.916. The first-order valence-electron chi connectivity index (χ1n) is 5.72. The normalized spacial score (nSPS) is 10.4. The van der Waals surface area contributed by atoms with Crippen LogP contribution in [0.1, 0.15) is 12.0 Å². The van der Waals surface area contributed by atoms with Gasteiger partial charge < -0.3 is 9.47 Å². The molecule has 2 rings (SSSR count). The third-order valence-electron chi connectivity index (χ3n) is 2.29. The van der Waals surface area contributed by atoms with E-state index < -0.39 is 0 Å². The maximum atomic E-state index is 5.57. The second-order valence-electron chi connectivity index (χ2n) is 3.70. The Morgan fingerprint density at radius 1 is 1.00 bits per heavy atom. The van der Waals surface area contributed by atoms with Crippen LogP contribution in [0.15, 0.2) is 47.2 Å². The van der Waals surface area contributed by atoms with Gasteiger partial charge in [0, 0.05) is 6.42 Å². The first-order chi connectivity index (χ1) is 8.45. The van der Waals surface area contributed by atoms with Crippen molar-refractivity contribution in [3.8, 4) is 5.75 Å². The van der Waals surface area contributed by atoms with Crippen molar-refractivity contribution in [1.82, 2.24) is 0 Å². The number of benzene rings is 1. The van der Waals surface area contributed by atoms with Crippen LogP contribution in [0.2, 0.25) is 0 Å². The lowest BCUT2D eigenvalue weighted by Crippen LogP contribution is -2.02. The van der Waals surface area contributed by atoms with E-state index in [-0.39, 0.29) is 0 Å². The van der Waals surface area contributed by atoms with Crippen molar-refractivity contribution in [3.05, 3.63) is 52.7 Å². The second kappa shape index (κ2) is 7.09. The molecule has 0 aliphatic rings. The maximum Gasteiger partial charge on any atom is 0.119 e. The van der Waals surface area contributed by atoms with E-state index >= 15 is 0 Å². The zero-order chi connectivity index (χ0) is 11.8. The van der Waals surface area contributed by atoms with Crippen LogP contribution in [0.4, 0.5) is 0 Å². The molecule has 0 aliphatic carbocycles. The molecule has 0 N–H and O–H groups in total.